The molecule has 0 amide bonds. The van der Waals surface area contributed by atoms with E-state index in [1.54, 1.807) is 18.2 Å². The fourth-order valence-corrected chi connectivity index (χ4v) is 2.31. The molecular weight excluding hydrogens is 288 g/mol. The molecular formula is C16H15ClN2O2. The molecule has 0 aliphatic rings. The molecule has 2 aromatic carbocycles. The second-order valence-electron chi connectivity index (χ2n) is 4.76. The zero-order valence-electron chi connectivity index (χ0n) is 11.5. The number of fused-ring (bicyclic) bond motifs is 1. The number of carboxylic acids is 1. The average molecular weight is 303 g/mol. The van der Waals surface area contributed by atoms with E-state index >= 15 is 0 Å². The van der Waals surface area contributed by atoms with Crippen LogP contribution in [0.2, 0.25) is 0 Å². The first-order valence-electron chi connectivity index (χ1n) is 6.38. The molecule has 1 N–H and O–H groups in total. The first kappa shape index (κ1) is 15.1. The van der Waals surface area contributed by atoms with E-state index in [0.29, 0.717) is 0 Å². The van der Waals surface area contributed by atoms with Gasteiger partial charge in [0.1, 0.15) is 5.82 Å². The number of carbonyl (C=O) groups is 1. The van der Waals surface area contributed by atoms with Crippen LogP contribution < -0.4 is 0 Å². The van der Waals surface area contributed by atoms with Crippen molar-refractivity contribution in [3.8, 4) is 0 Å². The van der Waals surface area contributed by atoms with Crippen molar-refractivity contribution in [1.82, 2.24) is 9.55 Å². The number of nitrogens with zero attached hydrogens (tertiary/aromatic N) is 2. The number of aromatic nitrogens is 2. The molecule has 3 rings (SSSR count). The van der Waals surface area contributed by atoms with Crippen molar-refractivity contribution >= 4 is 29.4 Å². The molecule has 0 saturated carbocycles. The third-order valence-corrected chi connectivity index (χ3v) is 3.43. The molecule has 108 valence electrons. The molecule has 0 bridgehead atoms. The fourth-order valence-electron chi connectivity index (χ4n) is 2.31. The largest absolute Gasteiger partial charge is 0.478 e. The Bertz CT molecular complexity index is 782. The van der Waals surface area contributed by atoms with Crippen LogP contribution >= 0.6 is 12.4 Å². The summed E-state index contributed by atoms with van der Waals surface area (Å²) in [5.41, 5.74) is 3.13. The number of benzene rings is 2. The lowest BCUT2D eigenvalue weighted by Crippen LogP contribution is -2.00. The maximum Gasteiger partial charge on any atom is 0.335 e. The first-order valence-corrected chi connectivity index (χ1v) is 6.38. The van der Waals surface area contributed by atoms with E-state index in [4.69, 9.17) is 5.11 Å². The van der Waals surface area contributed by atoms with Gasteiger partial charge < -0.3 is 9.67 Å². The predicted octanol–water partition coefficient (Wildman–Crippen LogP) is 3.28. The monoisotopic (exact) mass is 302 g/mol. The molecule has 21 heavy (non-hydrogen) atoms. The van der Waals surface area contributed by atoms with E-state index in [0.717, 1.165) is 23.3 Å². The highest BCUT2D eigenvalue weighted by Gasteiger charge is 2.11. The second-order valence-corrected chi connectivity index (χ2v) is 4.76. The molecule has 0 radical (unpaired) electrons. The summed E-state index contributed by atoms with van der Waals surface area (Å²) in [6, 6.07) is 15.1. The Labute approximate surface area is 128 Å². The number of aryl methyl sites for hydroxylation is 1. The van der Waals surface area contributed by atoms with Crippen LogP contribution in [0.4, 0.5) is 0 Å². The van der Waals surface area contributed by atoms with Crippen molar-refractivity contribution in [2.45, 2.75) is 6.42 Å². The summed E-state index contributed by atoms with van der Waals surface area (Å²) in [7, 11) is 1.92. The van der Waals surface area contributed by atoms with E-state index in [9.17, 15) is 4.79 Å². The van der Waals surface area contributed by atoms with Crippen LogP contribution in [-0.4, -0.2) is 20.6 Å². The zero-order valence-corrected chi connectivity index (χ0v) is 12.3. The van der Waals surface area contributed by atoms with Crippen molar-refractivity contribution in [2.24, 2.45) is 7.05 Å². The van der Waals surface area contributed by atoms with E-state index in [2.05, 4.69) is 17.1 Å². The molecule has 0 fully saturated rings. The third-order valence-electron chi connectivity index (χ3n) is 3.43. The normalized spacial score (nSPS) is 10.3. The molecule has 0 spiro atoms. The number of halogens is 1. The van der Waals surface area contributed by atoms with Crippen molar-refractivity contribution in [1.29, 1.82) is 0 Å². The van der Waals surface area contributed by atoms with Crippen molar-refractivity contribution < 1.29 is 9.90 Å². The number of imidazole rings is 1. The second kappa shape index (κ2) is 5.97. The minimum atomic E-state index is -0.919. The number of hydrogen-bond acceptors (Lipinski definition) is 2. The van der Waals surface area contributed by atoms with Crippen LogP contribution in [0.15, 0.2) is 48.5 Å². The summed E-state index contributed by atoms with van der Waals surface area (Å²) >= 11 is 0. The Balaban J connectivity index is 0.00000161. The number of carboxylic acid groups (broad SMARTS) is 1. The topological polar surface area (TPSA) is 55.1 Å². The lowest BCUT2D eigenvalue weighted by molar-refractivity contribution is 0.0697. The minimum Gasteiger partial charge on any atom is -0.478 e. The van der Waals surface area contributed by atoms with Gasteiger partial charge in [-0.3, -0.25) is 0 Å². The lowest BCUT2D eigenvalue weighted by Gasteiger charge is -2.02. The minimum absolute atomic E-state index is 0. The Kier molecular flexibility index (Phi) is 4.29. The van der Waals surface area contributed by atoms with Gasteiger partial charge in [-0.25, -0.2) is 9.78 Å². The summed E-state index contributed by atoms with van der Waals surface area (Å²) in [6.07, 6.45) is 0.731. The van der Waals surface area contributed by atoms with Gasteiger partial charge in [-0.15, -0.1) is 12.4 Å². The van der Waals surface area contributed by atoms with Gasteiger partial charge in [0.2, 0.25) is 0 Å². The van der Waals surface area contributed by atoms with Crippen LogP contribution in [0.1, 0.15) is 21.7 Å². The first-order chi connectivity index (χ1) is 9.65. The van der Waals surface area contributed by atoms with E-state index in [1.165, 1.54) is 5.56 Å². The van der Waals surface area contributed by atoms with E-state index in [1.807, 2.05) is 29.8 Å². The summed E-state index contributed by atoms with van der Waals surface area (Å²) in [5.74, 6) is 0.00597. The highest BCUT2D eigenvalue weighted by Crippen LogP contribution is 2.19. The summed E-state index contributed by atoms with van der Waals surface area (Å²) in [6.45, 7) is 0. The third kappa shape index (κ3) is 2.90. The Morgan fingerprint density at radius 2 is 1.90 bits per heavy atom. The average Bonchev–Trinajstić information content (AvgIpc) is 2.76. The van der Waals surface area contributed by atoms with Gasteiger partial charge in [0, 0.05) is 13.5 Å². The molecule has 0 aliphatic heterocycles. The molecule has 0 saturated heterocycles. The van der Waals surface area contributed by atoms with Gasteiger partial charge in [-0.1, -0.05) is 30.3 Å². The molecule has 0 aliphatic carbocycles. The molecule has 1 aromatic heterocycles. The van der Waals surface area contributed by atoms with Crippen LogP contribution in [0.5, 0.6) is 0 Å². The SMILES string of the molecule is Cl.Cn1c(Cc2ccccc2)nc2ccc(C(=O)O)cc21. The van der Waals surface area contributed by atoms with Gasteiger partial charge in [0.25, 0.3) is 0 Å². The fraction of sp³-hybridized carbons (Fsp3) is 0.125. The molecule has 5 heteroatoms. The Morgan fingerprint density at radius 1 is 1.19 bits per heavy atom. The van der Waals surface area contributed by atoms with Gasteiger partial charge in [-0.2, -0.15) is 0 Å². The van der Waals surface area contributed by atoms with Gasteiger partial charge in [0.05, 0.1) is 16.6 Å². The van der Waals surface area contributed by atoms with Crippen molar-refractivity contribution in [3.05, 3.63) is 65.5 Å². The van der Waals surface area contributed by atoms with E-state index < -0.39 is 5.97 Å². The molecule has 4 nitrogen and oxygen atoms in total. The van der Waals surface area contributed by atoms with Crippen molar-refractivity contribution in [3.63, 3.8) is 0 Å². The van der Waals surface area contributed by atoms with Crippen LogP contribution in [-0.2, 0) is 13.5 Å². The Morgan fingerprint density at radius 3 is 2.57 bits per heavy atom. The number of rotatable bonds is 3. The summed E-state index contributed by atoms with van der Waals surface area (Å²) < 4.78 is 1.95. The molecule has 0 unspecified atom stereocenters. The highest BCUT2D eigenvalue weighted by atomic mass is 35.5. The maximum atomic E-state index is 11.0. The molecule has 0 atom stereocenters. The standard InChI is InChI=1S/C16H14N2O2.ClH/c1-18-14-10-12(16(19)20)7-8-13(14)17-15(18)9-11-5-3-2-4-6-11;/h2-8,10H,9H2,1H3,(H,19,20);1H. The quantitative estimate of drug-likeness (QED) is 0.808. The highest BCUT2D eigenvalue weighted by molar-refractivity contribution is 5.92. The molecule has 3 aromatic rings. The van der Waals surface area contributed by atoms with Crippen molar-refractivity contribution in [2.75, 3.05) is 0 Å². The van der Waals surface area contributed by atoms with Gasteiger partial charge in [-0.05, 0) is 23.8 Å². The zero-order chi connectivity index (χ0) is 14.1. The predicted molar refractivity (Wildman–Crippen MR) is 84.2 cm³/mol. The van der Waals surface area contributed by atoms with Crippen LogP contribution in [0.3, 0.4) is 0 Å². The van der Waals surface area contributed by atoms with Crippen LogP contribution in [0.25, 0.3) is 11.0 Å². The Hall–Kier alpha value is -2.33. The number of aromatic carboxylic acids is 1. The van der Waals surface area contributed by atoms with Gasteiger partial charge in [0.15, 0.2) is 0 Å². The maximum absolute atomic E-state index is 11.0. The lowest BCUT2D eigenvalue weighted by atomic mass is 10.1. The summed E-state index contributed by atoms with van der Waals surface area (Å²) in [4.78, 5) is 15.6. The van der Waals surface area contributed by atoms with E-state index in [-0.39, 0.29) is 18.0 Å². The van der Waals surface area contributed by atoms with Crippen LogP contribution in [0, 0.1) is 0 Å². The summed E-state index contributed by atoms with van der Waals surface area (Å²) in [5, 5.41) is 9.05. The molecule has 1 heterocycles. The number of hydrogen-bond donors (Lipinski definition) is 1. The van der Waals surface area contributed by atoms with Gasteiger partial charge >= 0.3 is 5.97 Å². The smallest absolute Gasteiger partial charge is 0.335 e.